The van der Waals surface area contributed by atoms with Crippen LogP contribution >= 0.6 is 0 Å². The predicted octanol–water partition coefficient (Wildman–Crippen LogP) is 3.11. The fourth-order valence-corrected chi connectivity index (χ4v) is 2.97. The first-order valence-electron chi connectivity index (χ1n) is 8.70. The Balaban J connectivity index is 2.64. The molecule has 0 heterocycles. The van der Waals surface area contributed by atoms with Gasteiger partial charge in [0, 0.05) is 18.8 Å². The highest BCUT2D eigenvalue weighted by Crippen LogP contribution is 2.11. The van der Waals surface area contributed by atoms with E-state index in [4.69, 9.17) is 0 Å². The van der Waals surface area contributed by atoms with Crippen LogP contribution in [0.4, 0.5) is 0 Å². The minimum Gasteiger partial charge on any atom is -0.357 e. The van der Waals surface area contributed by atoms with E-state index in [1.807, 2.05) is 19.1 Å². The molecule has 1 unspecified atom stereocenters. The van der Waals surface area contributed by atoms with Crippen LogP contribution < -0.4 is 10.6 Å². The van der Waals surface area contributed by atoms with Gasteiger partial charge in [0.25, 0.3) is 0 Å². The van der Waals surface area contributed by atoms with E-state index in [9.17, 15) is 8.42 Å². The number of sulfone groups is 1. The number of aliphatic imine (C=N–C) groups is 1. The second kappa shape index (κ2) is 10.3. The summed E-state index contributed by atoms with van der Waals surface area (Å²) in [4.78, 5) is 4.93. The molecule has 0 aliphatic rings. The average Bonchev–Trinajstić information content (AvgIpc) is 2.52. The van der Waals surface area contributed by atoms with E-state index in [-0.39, 0.29) is 0 Å². The van der Waals surface area contributed by atoms with Gasteiger partial charge >= 0.3 is 0 Å². The van der Waals surface area contributed by atoms with Gasteiger partial charge in [0.2, 0.25) is 0 Å². The molecule has 24 heavy (non-hydrogen) atoms. The van der Waals surface area contributed by atoms with E-state index >= 15 is 0 Å². The van der Waals surface area contributed by atoms with E-state index in [2.05, 4.69) is 29.5 Å². The normalized spacial score (nSPS) is 13.6. The van der Waals surface area contributed by atoms with Crippen molar-refractivity contribution in [2.75, 3.05) is 12.8 Å². The van der Waals surface area contributed by atoms with Crippen molar-refractivity contribution < 1.29 is 8.42 Å². The molecule has 1 rings (SSSR count). The van der Waals surface area contributed by atoms with Gasteiger partial charge in [0.15, 0.2) is 15.8 Å². The zero-order chi connectivity index (χ0) is 18.0. The number of nitrogens with one attached hydrogen (secondary N) is 2. The molecule has 1 atom stereocenters. The number of nitrogens with zero attached hydrogens (tertiary/aromatic N) is 1. The molecule has 136 valence electrons. The predicted molar refractivity (Wildman–Crippen MR) is 101 cm³/mol. The summed E-state index contributed by atoms with van der Waals surface area (Å²) in [5, 5.41) is 6.68. The number of rotatable bonds is 9. The molecule has 0 saturated carbocycles. The molecule has 0 saturated heterocycles. The maximum absolute atomic E-state index is 11.5. The summed E-state index contributed by atoms with van der Waals surface area (Å²) >= 11 is 0. The third kappa shape index (κ3) is 7.81. The number of guanidine groups is 1. The first kappa shape index (κ1) is 20.5. The maximum atomic E-state index is 11.5. The SMILES string of the molecule is CCCCCC(C)NC(=NCc1ccc(S(C)(=O)=O)cc1)NCC. The van der Waals surface area contributed by atoms with Crippen LogP contribution in [0.25, 0.3) is 0 Å². The van der Waals surface area contributed by atoms with E-state index in [0.717, 1.165) is 24.5 Å². The average molecular weight is 354 g/mol. The summed E-state index contributed by atoms with van der Waals surface area (Å²) in [5.74, 6) is 0.800. The second-order valence-electron chi connectivity index (χ2n) is 6.15. The van der Waals surface area contributed by atoms with Crippen molar-refractivity contribution in [2.45, 2.75) is 63.9 Å². The number of benzene rings is 1. The summed E-state index contributed by atoms with van der Waals surface area (Å²) in [6.45, 7) is 7.74. The van der Waals surface area contributed by atoms with Crippen molar-refractivity contribution in [2.24, 2.45) is 4.99 Å². The van der Waals surface area contributed by atoms with Gasteiger partial charge in [-0.25, -0.2) is 13.4 Å². The van der Waals surface area contributed by atoms with Crippen LogP contribution in [-0.4, -0.2) is 33.2 Å². The highest BCUT2D eigenvalue weighted by Gasteiger charge is 2.07. The van der Waals surface area contributed by atoms with Gasteiger partial charge in [-0.1, -0.05) is 38.3 Å². The third-order valence-corrected chi connectivity index (χ3v) is 4.87. The molecule has 1 aromatic carbocycles. The van der Waals surface area contributed by atoms with Gasteiger partial charge in [0.1, 0.15) is 0 Å². The minimum absolute atomic E-state index is 0.338. The molecule has 5 nitrogen and oxygen atoms in total. The first-order valence-corrected chi connectivity index (χ1v) is 10.6. The van der Waals surface area contributed by atoms with Gasteiger partial charge < -0.3 is 10.6 Å². The molecule has 0 amide bonds. The lowest BCUT2D eigenvalue weighted by Crippen LogP contribution is -2.42. The molecule has 0 spiro atoms. The van der Waals surface area contributed by atoms with Crippen molar-refractivity contribution >= 4 is 15.8 Å². The number of hydrogen-bond acceptors (Lipinski definition) is 3. The second-order valence-corrected chi connectivity index (χ2v) is 8.17. The summed E-state index contributed by atoms with van der Waals surface area (Å²) in [6.07, 6.45) is 6.04. The van der Waals surface area contributed by atoms with Gasteiger partial charge in [0.05, 0.1) is 11.4 Å². The monoisotopic (exact) mass is 353 g/mol. The Labute approximate surface area is 146 Å². The van der Waals surface area contributed by atoms with Crippen molar-refractivity contribution in [3.05, 3.63) is 29.8 Å². The summed E-state index contributed by atoms with van der Waals surface area (Å²) in [6, 6.07) is 7.27. The van der Waals surface area contributed by atoms with Crippen molar-refractivity contribution in [3.8, 4) is 0 Å². The van der Waals surface area contributed by atoms with Crippen LogP contribution in [0.2, 0.25) is 0 Å². The molecule has 0 fully saturated rings. The summed E-state index contributed by atoms with van der Waals surface area (Å²) in [5.41, 5.74) is 0.984. The molecule has 0 aromatic heterocycles. The van der Waals surface area contributed by atoms with E-state index in [1.54, 1.807) is 12.1 Å². The quantitative estimate of drug-likeness (QED) is 0.406. The van der Waals surface area contributed by atoms with Crippen LogP contribution in [0.15, 0.2) is 34.2 Å². The fourth-order valence-electron chi connectivity index (χ4n) is 2.34. The van der Waals surface area contributed by atoms with Gasteiger partial charge in [-0.3, -0.25) is 0 Å². The molecule has 1 aromatic rings. The minimum atomic E-state index is -3.15. The van der Waals surface area contributed by atoms with Crippen molar-refractivity contribution in [1.29, 1.82) is 0 Å². The van der Waals surface area contributed by atoms with Gasteiger partial charge in [-0.15, -0.1) is 0 Å². The molecule has 0 radical (unpaired) electrons. The Hall–Kier alpha value is -1.56. The highest BCUT2D eigenvalue weighted by atomic mass is 32.2. The highest BCUT2D eigenvalue weighted by molar-refractivity contribution is 7.90. The first-order chi connectivity index (χ1) is 11.4. The Bertz CT molecular complexity index is 610. The summed E-state index contributed by atoms with van der Waals surface area (Å²) < 4.78 is 23.0. The van der Waals surface area contributed by atoms with Crippen LogP contribution in [-0.2, 0) is 16.4 Å². The topological polar surface area (TPSA) is 70.6 Å². The molecule has 2 N–H and O–H groups in total. The molecule has 0 bridgehead atoms. The van der Waals surface area contributed by atoms with Crippen LogP contribution in [0.5, 0.6) is 0 Å². The van der Waals surface area contributed by atoms with Gasteiger partial charge in [-0.05, 0) is 38.0 Å². The standard InChI is InChI=1S/C18H31N3O2S/c1-5-7-8-9-15(3)21-18(19-6-2)20-14-16-10-12-17(13-11-16)24(4,22)23/h10-13,15H,5-9,14H2,1-4H3,(H2,19,20,21). The number of unbranched alkanes of at least 4 members (excludes halogenated alkanes) is 2. The Morgan fingerprint density at radius 1 is 1.17 bits per heavy atom. The molecule has 0 aliphatic carbocycles. The molecular weight excluding hydrogens is 322 g/mol. The van der Waals surface area contributed by atoms with Crippen molar-refractivity contribution in [1.82, 2.24) is 10.6 Å². The lowest BCUT2D eigenvalue weighted by Gasteiger charge is -2.17. The van der Waals surface area contributed by atoms with Gasteiger partial charge in [-0.2, -0.15) is 0 Å². The van der Waals surface area contributed by atoms with Crippen LogP contribution in [0, 0.1) is 0 Å². The zero-order valence-electron chi connectivity index (χ0n) is 15.3. The Morgan fingerprint density at radius 2 is 1.83 bits per heavy atom. The Kier molecular flexibility index (Phi) is 8.82. The van der Waals surface area contributed by atoms with E-state index in [1.165, 1.54) is 25.5 Å². The molecular formula is C18H31N3O2S. The molecule has 0 aliphatic heterocycles. The fraction of sp³-hybridized carbons (Fsp3) is 0.611. The van der Waals surface area contributed by atoms with E-state index < -0.39 is 9.84 Å². The smallest absolute Gasteiger partial charge is 0.191 e. The maximum Gasteiger partial charge on any atom is 0.191 e. The van der Waals surface area contributed by atoms with E-state index in [0.29, 0.717) is 17.5 Å². The zero-order valence-corrected chi connectivity index (χ0v) is 16.1. The lowest BCUT2D eigenvalue weighted by molar-refractivity contribution is 0.547. The van der Waals surface area contributed by atoms with Crippen LogP contribution in [0.1, 0.15) is 52.0 Å². The lowest BCUT2D eigenvalue weighted by atomic mass is 10.1. The molecule has 6 heteroatoms. The summed E-state index contributed by atoms with van der Waals surface area (Å²) in [7, 11) is -3.15. The Morgan fingerprint density at radius 3 is 2.38 bits per heavy atom. The largest absolute Gasteiger partial charge is 0.357 e. The van der Waals surface area contributed by atoms with Crippen LogP contribution in [0.3, 0.4) is 0 Å². The third-order valence-electron chi connectivity index (χ3n) is 3.74. The van der Waals surface area contributed by atoms with Crippen molar-refractivity contribution in [3.63, 3.8) is 0 Å². The number of hydrogen-bond donors (Lipinski definition) is 2.